The lowest BCUT2D eigenvalue weighted by Crippen LogP contribution is -2.36. The number of rotatable bonds is 7. The smallest absolute Gasteiger partial charge is 0.187 e. The second-order valence-corrected chi connectivity index (χ2v) is 6.14. The second-order valence-electron chi connectivity index (χ2n) is 4.88. The zero-order valence-corrected chi connectivity index (χ0v) is 15.7. The zero-order chi connectivity index (χ0) is 16.5. The van der Waals surface area contributed by atoms with E-state index in [4.69, 9.17) is 21.7 Å². The molecule has 0 aliphatic carbocycles. The summed E-state index contributed by atoms with van der Waals surface area (Å²) in [5.41, 5.74) is 3.64. The topological polar surface area (TPSA) is 54.9 Å². The molecular weight excluding hydrogens is 366 g/mol. The van der Waals surface area contributed by atoms with Gasteiger partial charge in [-0.2, -0.15) is 5.10 Å². The van der Waals surface area contributed by atoms with Gasteiger partial charge >= 0.3 is 0 Å². The Morgan fingerprint density at radius 3 is 2.77 bits per heavy atom. The molecule has 0 atom stereocenters. The minimum Gasteiger partial charge on any atom is -0.493 e. The number of nitrogens with zero attached hydrogens (tertiary/aromatic N) is 1. The lowest BCUT2D eigenvalue weighted by atomic mass is 10.2. The van der Waals surface area contributed by atoms with Crippen molar-refractivity contribution in [3.05, 3.63) is 22.2 Å². The molecule has 0 amide bonds. The van der Waals surface area contributed by atoms with Gasteiger partial charge in [0.1, 0.15) is 0 Å². The quantitative estimate of drug-likeness (QED) is 0.426. The highest BCUT2D eigenvalue weighted by atomic mass is 79.9. The number of thiocarbonyl (C=S) groups is 1. The van der Waals surface area contributed by atoms with Gasteiger partial charge in [0.15, 0.2) is 16.6 Å². The summed E-state index contributed by atoms with van der Waals surface area (Å²) in [4.78, 5) is 0. The molecule has 5 nitrogen and oxygen atoms in total. The summed E-state index contributed by atoms with van der Waals surface area (Å²) in [6.45, 7) is 6.71. The molecule has 7 heteroatoms. The molecule has 22 heavy (non-hydrogen) atoms. The second kappa shape index (κ2) is 9.63. The van der Waals surface area contributed by atoms with E-state index in [1.807, 2.05) is 26.0 Å². The molecule has 2 N–H and O–H groups in total. The molecule has 0 spiro atoms. The predicted molar refractivity (Wildman–Crippen MR) is 98.1 cm³/mol. The number of methoxy groups -OCH3 is 1. The Labute approximate surface area is 145 Å². The van der Waals surface area contributed by atoms with Gasteiger partial charge < -0.3 is 14.8 Å². The van der Waals surface area contributed by atoms with Crippen LogP contribution in [0.15, 0.2) is 21.7 Å². The fourth-order valence-electron chi connectivity index (χ4n) is 1.62. The van der Waals surface area contributed by atoms with Crippen LogP contribution in [0.1, 0.15) is 32.8 Å². The highest BCUT2D eigenvalue weighted by Crippen LogP contribution is 2.36. The van der Waals surface area contributed by atoms with Gasteiger partial charge in [-0.15, -0.1) is 0 Å². The first kappa shape index (κ1) is 18.7. The number of ether oxygens (including phenoxy) is 2. The van der Waals surface area contributed by atoms with E-state index in [2.05, 4.69) is 38.7 Å². The van der Waals surface area contributed by atoms with E-state index in [-0.39, 0.29) is 6.04 Å². The summed E-state index contributed by atoms with van der Waals surface area (Å²) in [5.74, 6) is 1.36. The van der Waals surface area contributed by atoms with Gasteiger partial charge in [0.25, 0.3) is 0 Å². The maximum absolute atomic E-state index is 5.69. The maximum atomic E-state index is 5.69. The van der Waals surface area contributed by atoms with Crippen LogP contribution < -0.4 is 20.2 Å². The Kier molecular flexibility index (Phi) is 8.19. The van der Waals surface area contributed by atoms with E-state index < -0.39 is 0 Å². The first-order chi connectivity index (χ1) is 10.5. The summed E-state index contributed by atoms with van der Waals surface area (Å²) in [5, 5.41) is 7.64. The average molecular weight is 388 g/mol. The minimum atomic E-state index is 0.263. The zero-order valence-electron chi connectivity index (χ0n) is 13.3. The molecule has 0 aromatic heterocycles. The Balaban J connectivity index is 2.79. The van der Waals surface area contributed by atoms with E-state index >= 15 is 0 Å². The Bertz CT molecular complexity index is 536. The molecule has 0 heterocycles. The van der Waals surface area contributed by atoms with E-state index in [9.17, 15) is 0 Å². The molecule has 1 rings (SSSR count). The third-order valence-electron chi connectivity index (χ3n) is 2.50. The van der Waals surface area contributed by atoms with Crippen molar-refractivity contribution in [2.45, 2.75) is 33.2 Å². The first-order valence-electron chi connectivity index (χ1n) is 7.07. The lowest BCUT2D eigenvalue weighted by molar-refractivity contribution is 0.292. The molecule has 0 aliphatic rings. The minimum absolute atomic E-state index is 0.263. The molecule has 0 aliphatic heterocycles. The van der Waals surface area contributed by atoms with Crippen molar-refractivity contribution in [1.82, 2.24) is 10.7 Å². The van der Waals surface area contributed by atoms with Crippen molar-refractivity contribution in [3.8, 4) is 11.5 Å². The van der Waals surface area contributed by atoms with Gasteiger partial charge in [0, 0.05) is 6.04 Å². The Morgan fingerprint density at radius 2 is 2.18 bits per heavy atom. The summed E-state index contributed by atoms with van der Waals surface area (Å²) in [6, 6.07) is 4.04. The fourth-order valence-corrected chi connectivity index (χ4v) is 2.48. The molecule has 122 valence electrons. The SMILES string of the molecule is CCCOc1c(Br)cc(/C=N\NC(=S)NC(C)C)cc1OC. The first-order valence-corrected chi connectivity index (χ1v) is 8.28. The fraction of sp³-hybridized carbons (Fsp3) is 0.467. The van der Waals surface area contributed by atoms with Crippen molar-refractivity contribution < 1.29 is 9.47 Å². The third-order valence-corrected chi connectivity index (χ3v) is 3.30. The van der Waals surface area contributed by atoms with Crippen LogP contribution in [-0.2, 0) is 0 Å². The van der Waals surface area contributed by atoms with Gasteiger partial charge in [-0.3, -0.25) is 5.43 Å². The van der Waals surface area contributed by atoms with Gasteiger partial charge in [0.05, 0.1) is 24.4 Å². The van der Waals surface area contributed by atoms with Crippen LogP contribution in [0.25, 0.3) is 0 Å². The van der Waals surface area contributed by atoms with Crippen molar-refractivity contribution in [1.29, 1.82) is 0 Å². The molecular formula is C15H22BrN3O2S. The van der Waals surface area contributed by atoms with E-state index in [0.29, 0.717) is 23.2 Å². The highest BCUT2D eigenvalue weighted by Gasteiger charge is 2.10. The monoisotopic (exact) mass is 387 g/mol. The summed E-state index contributed by atoms with van der Waals surface area (Å²) >= 11 is 8.60. The van der Waals surface area contributed by atoms with Crippen molar-refractivity contribution in [2.24, 2.45) is 5.10 Å². The van der Waals surface area contributed by atoms with Crippen molar-refractivity contribution in [3.63, 3.8) is 0 Å². The molecule has 0 saturated heterocycles. The van der Waals surface area contributed by atoms with Crippen LogP contribution in [0.5, 0.6) is 11.5 Å². The summed E-state index contributed by atoms with van der Waals surface area (Å²) < 4.78 is 11.9. The molecule has 0 bridgehead atoms. The number of hydrazone groups is 1. The van der Waals surface area contributed by atoms with Crippen LogP contribution in [0.2, 0.25) is 0 Å². The van der Waals surface area contributed by atoms with E-state index in [0.717, 1.165) is 16.5 Å². The van der Waals surface area contributed by atoms with Crippen LogP contribution in [-0.4, -0.2) is 31.1 Å². The van der Waals surface area contributed by atoms with Crippen LogP contribution >= 0.6 is 28.1 Å². The normalized spacial score (nSPS) is 10.8. The Morgan fingerprint density at radius 1 is 1.45 bits per heavy atom. The standard InChI is InChI=1S/C15H22BrN3O2S/c1-5-6-21-14-12(16)7-11(8-13(14)20-4)9-17-19-15(22)18-10(2)3/h7-10H,5-6H2,1-4H3,(H2,18,19,22)/b17-9-. The molecule has 0 saturated carbocycles. The number of hydrogen-bond donors (Lipinski definition) is 2. The van der Waals surface area contributed by atoms with Gasteiger partial charge in [-0.1, -0.05) is 6.92 Å². The number of hydrogen-bond acceptors (Lipinski definition) is 4. The van der Waals surface area contributed by atoms with Crippen LogP contribution in [0.4, 0.5) is 0 Å². The molecule has 0 radical (unpaired) electrons. The third kappa shape index (κ3) is 6.19. The van der Waals surface area contributed by atoms with Gasteiger partial charge in [0.2, 0.25) is 0 Å². The highest BCUT2D eigenvalue weighted by molar-refractivity contribution is 9.10. The van der Waals surface area contributed by atoms with Crippen LogP contribution in [0, 0.1) is 0 Å². The van der Waals surface area contributed by atoms with Crippen molar-refractivity contribution in [2.75, 3.05) is 13.7 Å². The summed E-state index contributed by atoms with van der Waals surface area (Å²) in [7, 11) is 1.61. The van der Waals surface area contributed by atoms with E-state index in [1.165, 1.54) is 0 Å². The molecule has 0 unspecified atom stereocenters. The largest absolute Gasteiger partial charge is 0.493 e. The molecule has 1 aromatic rings. The number of nitrogens with one attached hydrogen (secondary N) is 2. The van der Waals surface area contributed by atoms with E-state index in [1.54, 1.807) is 13.3 Å². The number of benzene rings is 1. The maximum Gasteiger partial charge on any atom is 0.187 e. The predicted octanol–water partition coefficient (Wildman–Crippen LogP) is 3.45. The van der Waals surface area contributed by atoms with Gasteiger partial charge in [-0.25, -0.2) is 0 Å². The number of halogens is 1. The average Bonchev–Trinajstić information content (AvgIpc) is 2.44. The van der Waals surface area contributed by atoms with Crippen LogP contribution in [0.3, 0.4) is 0 Å². The molecule has 0 fully saturated rings. The molecule has 1 aromatic carbocycles. The summed E-state index contributed by atoms with van der Waals surface area (Å²) in [6.07, 6.45) is 2.61. The Hall–Kier alpha value is -1.34. The lowest BCUT2D eigenvalue weighted by Gasteiger charge is -2.13. The van der Waals surface area contributed by atoms with Crippen molar-refractivity contribution >= 4 is 39.5 Å². The van der Waals surface area contributed by atoms with Gasteiger partial charge in [-0.05, 0) is 66.1 Å².